The van der Waals surface area contributed by atoms with E-state index in [2.05, 4.69) is 56.7 Å². The van der Waals surface area contributed by atoms with Gasteiger partial charge < -0.3 is 15.5 Å². The first kappa shape index (κ1) is 21.3. The van der Waals surface area contributed by atoms with Gasteiger partial charge in [-0.1, -0.05) is 42.5 Å². The van der Waals surface area contributed by atoms with Gasteiger partial charge in [0.15, 0.2) is 5.96 Å². The number of rotatable bonds is 7. The molecule has 156 valence electrons. The minimum Gasteiger partial charge on any atom is -0.356 e. The maximum atomic E-state index is 13.7. The summed E-state index contributed by atoms with van der Waals surface area (Å²) in [6.07, 6.45) is 0.619. The average Bonchev–Trinajstić information content (AvgIpc) is 2.74. The van der Waals surface area contributed by atoms with Gasteiger partial charge in [-0.05, 0) is 36.2 Å². The lowest BCUT2D eigenvalue weighted by molar-refractivity contribution is 0.148. The van der Waals surface area contributed by atoms with Crippen LogP contribution in [-0.2, 0) is 19.5 Å². The molecule has 0 amide bonds. The molecule has 1 saturated heterocycles. The molecule has 0 bridgehead atoms. The third kappa shape index (κ3) is 6.84. The van der Waals surface area contributed by atoms with Crippen molar-refractivity contribution in [2.75, 3.05) is 46.8 Å². The largest absolute Gasteiger partial charge is 0.356 e. The van der Waals surface area contributed by atoms with Crippen LogP contribution in [0.15, 0.2) is 53.5 Å². The second-order valence-electron chi connectivity index (χ2n) is 7.59. The van der Waals surface area contributed by atoms with Crippen LogP contribution >= 0.6 is 0 Å². The summed E-state index contributed by atoms with van der Waals surface area (Å²) in [6.45, 7) is 6.90. The van der Waals surface area contributed by atoms with E-state index in [1.165, 1.54) is 17.2 Å². The fourth-order valence-corrected chi connectivity index (χ4v) is 3.45. The van der Waals surface area contributed by atoms with E-state index in [0.717, 1.165) is 38.7 Å². The van der Waals surface area contributed by atoms with Gasteiger partial charge in [-0.2, -0.15) is 0 Å². The second kappa shape index (κ2) is 10.9. The van der Waals surface area contributed by atoms with Gasteiger partial charge in [0, 0.05) is 52.9 Å². The van der Waals surface area contributed by atoms with Crippen LogP contribution in [0.3, 0.4) is 0 Å². The maximum absolute atomic E-state index is 13.7. The lowest BCUT2D eigenvalue weighted by Gasteiger charge is -2.32. The maximum Gasteiger partial charge on any atom is 0.191 e. The lowest BCUT2D eigenvalue weighted by Crippen LogP contribution is -2.43. The minimum absolute atomic E-state index is 0.158. The van der Waals surface area contributed by atoms with Crippen molar-refractivity contribution in [2.24, 2.45) is 4.99 Å². The SMILES string of the molecule is CN=C(NCCc1ccccc1F)NCc1ccc(CN2CCN(C)CC2)cc1. The Hall–Kier alpha value is -2.44. The van der Waals surface area contributed by atoms with Crippen LogP contribution in [0.5, 0.6) is 0 Å². The van der Waals surface area contributed by atoms with Gasteiger partial charge in [0.05, 0.1) is 0 Å². The summed E-state index contributed by atoms with van der Waals surface area (Å²) in [4.78, 5) is 9.13. The van der Waals surface area contributed by atoms with Crippen molar-refractivity contribution in [1.29, 1.82) is 0 Å². The van der Waals surface area contributed by atoms with Crippen LogP contribution in [-0.4, -0.2) is 62.6 Å². The van der Waals surface area contributed by atoms with Crippen LogP contribution in [0.1, 0.15) is 16.7 Å². The Labute approximate surface area is 173 Å². The molecule has 0 spiro atoms. The number of nitrogens with zero attached hydrogens (tertiary/aromatic N) is 3. The van der Waals surface area contributed by atoms with Crippen molar-refractivity contribution >= 4 is 5.96 Å². The first-order valence-corrected chi connectivity index (χ1v) is 10.3. The molecule has 0 radical (unpaired) electrons. The summed E-state index contributed by atoms with van der Waals surface area (Å²) in [7, 11) is 3.93. The molecule has 0 saturated carbocycles. The van der Waals surface area contributed by atoms with Gasteiger partial charge in [0.25, 0.3) is 0 Å². The topological polar surface area (TPSA) is 42.9 Å². The van der Waals surface area contributed by atoms with Crippen molar-refractivity contribution in [2.45, 2.75) is 19.5 Å². The standard InChI is InChI=1S/C23H32FN5/c1-25-23(26-12-11-21-5-3-4-6-22(21)24)27-17-19-7-9-20(10-8-19)18-29-15-13-28(2)14-16-29/h3-10H,11-18H2,1-2H3,(H2,25,26,27). The zero-order chi connectivity index (χ0) is 20.5. The van der Waals surface area contributed by atoms with Gasteiger partial charge in [-0.3, -0.25) is 9.89 Å². The number of guanidine groups is 1. The summed E-state index contributed by atoms with van der Waals surface area (Å²) in [5, 5.41) is 6.57. The number of hydrogen-bond acceptors (Lipinski definition) is 3. The van der Waals surface area contributed by atoms with E-state index in [9.17, 15) is 4.39 Å². The molecule has 6 heteroatoms. The molecule has 0 aliphatic carbocycles. The van der Waals surface area contributed by atoms with Gasteiger partial charge in [0.2, 0.25) is 0 Å². The molecule has 0 aromatic heterocycles. The molecule has 5 nitrogen and oxygen atoms in total. The molecule has 2 aromatic rings. The van der Waals surface area contributed by atoms with Gasteiger partial charge in [0.1, 0.15) is 5.82 Å². The van der Waals surface area contributed by atoms with Crippen LogP contribution in [0.2, 0.25) is 0 Å². The number of hydrogen-bond donors (Lipinski definition) is 2. The van der Waals surface area contributed by atoms with Gasteiger partial charge in [-0.15, -0.1) is 0 Å². The Bertz CT molecular complexity index is 782. The fraction of sp³-hybridized carbons (Fsp3) is 0.435. The highest BCUT2D eigenvalue weighted by atomic mass is 19.1. The Balaban J connectivity index is 1.40. The third-order valence-corrected chi connectivity index (χ3v) is 5.35. The summed E-state index contributed by atoms with van der Waals surface area (Å²) < 4.78 is 13.7. The molecule has 1 aliphatic heterocycles. The molecule has 1 aliphatic rings. The Morgan fingerprint density at radius 2 is 1.66 bits per heavy atom. The highest BCUT2D eigenvalue weighted by molar-refractivity contribution is 5.79. The molecule has 1 fully saturated rings. The zero-order valence-electron chi connectivity index (χ0n) is 17.5. The van der Waals surface area contributed by atoms with Gasteiger partial charge >= 0.3 is 0 Å². The first-order chi connectivity index (χ1) is 14.1. The van der Waals surface area contributed by atoms with Crippen molar-refractivity contribution in [1.82, 2.24) is 20.4 Å². The van der Waals surface area contributed by atoms with Crippen LogP contribution in [0.25, 0.3) is 0 Å². The molecule has 0 atom stereocenters. The Morgan fingerprint density at radius 1 is 0.966 bits per heavy atom. The van der Waals surface area contributed by atoms with E-state index < -0.39 is 0 Å². The molecular weight excluding hydrogens is 365 g/mol. The highest BCUT2D eigenvalue weighted by Gasteiger charge is 2.13. The summed E-state index contributed by atoms with van der Waals surface area (Å²) in [5.74, 6) is 0.566. The van der Waals surface area contributed by atoms with Crippen molar-refractivity contribution in [3.05, 3.63) is 71.0 Å². The fourth-order valence-electron chi connectivity index (χ4n) is 3.45. The highest BCUT2D eigenvalue weighted by Crippen LogP contribution is 2.10. The molecule has 3 rings (SSSR count). The summed E-state index contributed by atoms with van der Waals surface area (Å²) in [6, 6.07) is 15.7. The number of benzene rings is 2. The molecular formula is C23H32FN5. The van der Waals surface area contributed by atoms with Crippen LogP contribution < -0.4 is 10.6 Å². The van der Waals surface area contributed by atoms with E-state index in [1.54, 1.807) is 13.1 Å². The number of piperazine rings is 1. The average molecular weight is 398 g/mol. The van der Waals surface area contributed by atoms with Crippen molar-refractivity contribution in [3.8, 4) is 0 Å². The van der Waals surface area contributed by atoms with E-state index in [0.29, 0.717) is 25.1 Å². The van der Waals surface area contributed by atoms with Crippen LogP contribution in [0, 0.1) is 5.82 Å². The van der Waals surface area contributed by atoms with Crippen molar-refractivity contribution < 1.29 is 4.39 Å². The predicted molar refractivity (Wildman–Crippen MR) is 118 cm³/mol. The number of halogens is 1. The second-order valence-corrected chi connectivity index (χ2v) is 7.59. The molecule has 29 heavy (non-hydrogen) atoms. The Morgan fingerprint density at radius 3 is 2.34 bits per heavy atom. The number of nitrogens with one attached hydrogen (secondary N) is 2. The normalized spacial score (nSPS) is 16.0. The van der Waals surface area contributed by atoms with Crippen LogP contribution in [0.4, 0.5) is 4.39 Å². The molecule has 2 N–H and O–H groups in total. The molecule has 1 heterocycles. The van der Waals surface area contributed by atoms with E-state index in [4.69, 9.17) is 0 Å². The third-order valence-electron chi connectivity index (χ3n) is 5.35. The summed E-state index contributed by atoms with van der Waals surface area (Å²) in [5.41, 5.74) is 3.28. The lowest BCUT2D eigenvalue weighted by atomic mass is 10.1. The quantitative estimate of drug-likeness (QED) is 0.557. The van der Waals surface area contributed by atoms with Gasteiger partial charge in [-0.25, -0.2) is 4.39 Å². The first-order valence-electron chi connectivity index (χ1n) is 10.3. The van der Waals surface area contributed by atoms with E-state index in [1.807, 2.05) is 12.1 Å². The number of likely N-dealkylation sites (N-methyl/N-ethyl adjacent to an activating group) is 1. The van der Waals surface area contributed by atoms with E-state index >= 15 is 0 Å². The molecule has 0 unspecified atom stereocenters. The number of aliphatic imine (C=N–C) groups is 1. The van der Waals surface area contributed by atoms with E-state index in [-0.39, 0.29) is 5.82 Å². The minimum atomic E-state index is -0.158. The zero-order valence-corrected chi connectivity index (χ0v) is 17.5. The summed E-state index contributed by atoms with van der Waals surface area (Å²) >= 11 is 0. The smallest absolute Gasteiger partial charge is 0.191 e. The monoisotopic (exact) mass is 397 g/mol. The predicted octanol–water partition coefficient (Wildman–Crippen LogP) is 2.48. The Kier molecular flexibility index (Phi) is 8.02. The van der Waals surface area contributed by atoms with Crippen molar-refractivity contribution in [3.63, 3.8) is 0 Å². The molecule has 2 aromatic carbocycles.